The number of fused-ring (bicyclic) bond motifs is 1. The van der Waals surface area contributed by atoms with Gasteiger partial charge in [0.1, 0.15) is 0 Å². The highest BCUT2D eigenvalue weighted by atomic mass is 16.1. The number of aliphatic imine (C=N–C) groups is 1. The lowest BCUT2D eigenvalue weighted by molar-refractivity contribution is -0.116. The normalized spacial score (nSPS) is 17.4. The summed E-state index contributed by atoms with van der Waals surface area (Å²) in [7, 11) is 2.10. The minimum absolute atomic E-state index is 0.0661. The van der Waals surface area contributed by atoms with Gasteiger partial charge in [0.05, 0.1) is 6.54 Å². The molecule has 0 saturated heterocycles. The summed E-state index contributed by atoms with van der Waals surface area (Å²) in [4.78, 5) is 18.8. The van der Waals surface area contributed by atoms with E-state index in [4.69, 9.17) is 0 Å². The van der Waals surface area contributed by atoms with Gasteiger partial charge in [-0.25, -0.2) is 0 Å². The third-order valence-electron chi connectivity index (χ3n) is 4.25. The van der Waals surface area contributed by atoms with Crippen molar-refractivity contribution < 1.29 is 4.79 Å². The van der Waals surface area contributed by atoms with Crippen molar-refractivity contribution in [1.29, 1.82) is 0 Å². The summed E-state index contributed by atoms with van der Waals surface area (Å²) < 4.78 is 0. The van der Waals surface area contributed by atoms with Crippen LogP contribution in [0.15, 0.2) is 29.3 Å². The summed E-state index contributed by atoms with van der Waals surface area (Å²) in [6.45, 7) is 8.46. The summed E-state index contributed by atoms with van der Waals surface area (Å²) >= 11 is 0. The van der Waals surface area contributed by atoms with Crippen LogP contribution in [-0.2, 0) is 4.79 Å². The highest BCUT2D eigenvalue weighted by Gasteiger charge is 2.24. The number of amides is 1. The number of hydrogen-bond donors (Lipinski definition) is 3. The smallest absolute Gasteiger partial charge is 0.225 e. The summed E-state index contributed by atoms with van der Waals surface area (Å²) in [6.07, 6.45) is 0.485. The molecule has 24 heavy (non-hydrogen) atoms. The van der Waals surface area contributed by atoms with E-state index >= 15 is 0 Å². The van der Waals surface area contributed by atoms with Crippen molar-refractivity contribution in [3.05, 3.63) is 29.8 Å². The number of anilines is 1. The number of benzene rings is 1. The average molecular weight is 331 g/mol. The minimum Gasteiger partial charge on any atom is -0.357 e. The van der Waals surface area contributed by atoms with Gasteiger partial charge in [0.2, 0.25) is 5.91 Å². The Hall–Kier alpha value is -2.08. The van der Waals surface area contributed by atoms with Gasteiger partial charge in [0, 0.05) is 37.7 Å². The van der Waals surface area contributed by atoms with Crippen molar-refractivity contribution in [2.24, 2.45) is 4.99 Å². The van der Waals surface area contributed by atoms with E-state index in [0.717, 1.165) is 37.8 Å². The van der Waals surface area contributed by atoms with Crippen molar-refractivity contribution in [2.45, 2.75) is 26.2 Å². The quantitative estimate of drug-likeness (QED) is 0.525. The average Bonchev–Trinajstić information content (AvgIpc) is 2.59. The molecule has 6 nitrogen and oxygen atoms in total. The molecule has 2 rings (SSSR count). The van der Waals surface area contributed by atoms with E-state index in [-0.39, 0.29) is 11.8 Å². The molecule has 0 fully saturated rings. The predicted octanol–water partition coefficient (Wildman–Crippen LogP) is 1.62. The van der Waals surface area contributed by atoms with Gasteiger partial charge in [-0.1, -0.05) is 25.1 Å². The van der Waals surface area contributed by atoms with Gasteiger partial charge in [0.15, 0.2) is 5.96 Å². The molecular weight excluding hydrogens is 302 g/mol. The van der Waals surface area contributed by atoms with Gasteiger partial charge >= 0.3 is 0 Å². The molecule has 1 aliphatic heterocycles. The van der Waals surface area contributed by atoms with Crippen LogP contribution in [0.25, 0.3) is 0 Å². The number of para-hydroxylation sites is 1. The Morgan fingerprint density at radius 1 is 1.33 bits per heavy atom. The first-order chi connectivity index (χ1) is 11.6. The van der Waals surface area contributed by atoms with Gasteiger partial charge in [-0.15, -0.1) is 0 Å². The van der Waals surface area contributed by atoms with Gasteiger partial charge in [-0.3, -0.25) is 9.79 Å². The highest BCUT2D eigenvalue weighted by molar-refractivity contribution is 5.94. The molecule has 0 spiro atoms. The summed E-state index contributed by atoms with van der Waals surface area (Å²) in [5.74, 6) is 1.01. The number of rotatable bonds is 7. The second-order valence-electron chi connectivity index (χ2n) is 6.08. The molecule has 1 unspecified atom stereocenters. The van der Waals surface area contributed by atoms with Gasteiger partial charge < -0.3 is 20.9 Å². The standard InChI is InChI=1S/C18H29N5O/c1-4-19-18(20-10-11-23(3)5-2)21-13-14-12-17(24)22-16-9-7-6-8-15(14)16/h6-9,14H,4-5,10-13H2,1-3H3,(H,22,24)(H2,19,20,21). The van der Waals surface area contributed by atoms with Crippen molar-refractivity contribution >= 4 is 17.6 Å². The molecule has 0 saturated carbocycles. The first kappa shape index (κ1) is 18.3. The van der Waals surface area contributed by atoms with Crippen molar-refractivity contribution in [1.82, 2.24) is 15.5 Å². The lowest BCUT2D eigenvalue weighted by Crippen LogP contribution is -2.41. The maximum absolute atomic E-state index is 11.9. The van der Waals surface area contributed by atoms with Gasteiger partial charge in [0.25, 0.3) is 0 Å². The van der Waals surface area contributed by atoms with Crippen LogP contribution < -0.4 is 16.0 Å². The molecule has 0 bridgehead atoms. The second kappa shape index (κ2) is 9.27. The third-order valence-corrected chi connectivity index (χ3v) is 4.25. The predicted molar refractivity (Wildman–Crippen MR) is 99.6 cm³/mol. The molecule has 1 aromatic rings. The Morgan fingerprint density at radius 3 is 2.88 bits per heavy atom. The maximum atomic E-state index is 11.9. The van der Waals surface area contributed by atoms with Crippen LogP contribution in [0, 0.1) is 0 Å². The number of carbonyl (C=O) groups is 1. The fourth-order valence-electron chi connectivity index (χ4n) is 2.73. The summed E-state index contributed by atoms with van der Waals surface area (Å²) in [5.41, 5.74) is 2.08. The monoisotopic (exact) mass is 331 g/mol. The van der Waals surface area contributed by atoms with Crippen LogP contribution in [0.1, 0.15) is 31.7 Å². The maximum Gasteiger partial charge on any atom is 0.225 e. The molecule has 3 N–H and O–H groups in total. The number of likely N-dealkylation sites (N-methyl/N-ethyl adjacent to an activating group) is 1. The van der Waals surface area contributed by atoms with E-state index in [2.05, 4.69) is 52.8 Å². The second-order valence-corrected chi connectivity index (χ2v) is 6.08. The Bertz CT molecular complexity index is 572. The molecule has 132 valence electrons. The summed E-state index contributed by atoms with van der Waals surface area (Å²) in [5, 5.41) is 9.56. The van der Waals surface area contributed by atoms with Gasteiger partial charge in [-0.05, 0) is 32.1 Å². The number of guanidine groups is 1. The number of hydrogen-bond acceptors (Lipinski definition) is 3. The van der Waals surface area contributed by atoms with E-state index in [1.807, 2.05) is 18.2 Å². The zero-order valence-electron chi connectivity index (χ0n) is 14.9. The number of nitrogens with one attached hydrogen (secondary N) is 3. The van der Waals surface area contributed by atoms with E-state index in [0.29, 0.717) is 13.0 Å². The third kappa shape index (κ3) is 5.23. The van der Waals surface area contributed by atoms with E-state index < -0.39 is 0 Å². The Labute approximate surface area is 144 Å². The Morgan fingerprint density at radius 2 is 2.12 bits per heavy atom. The zero-order chi connectivity index (χ0) is 17.4. The number of carbonyl (C=O) groups excluding carboxylic acids is 1. The fourth-order valence-corrected chi connectivity index (χ4v) is 2.73. The van der Waals surface area contributed by atoms with E-state index in [1.54, 1.807) is 0 Å². The molecule has 0 aromatic heterocycles. The van der Waals surface area contributed by atoms with Crippen LogP contribution in [0.2, 0.25) is 0 Å². The Kier molecular flexibility index (Phi) is 7.06. The summed E-state index contributed by atoms with van der Waals surface area (Å²) in [6, 6.07) is 7.98. The fraction of sp³-hybridized carbons (Fsp3) is 0.556. The molecule has 6 heteroatoms. The van der Waals surface area contributed by atoms with Crippen LogP contribution in [-0.4, -0.2) is 56.5 Å². The molecule has 1 aromatic carbocycles. The molecule has 1 amide bonds. The van der Waals surface area contributed by atoms with Crippen molar-refractivity contribution in [3.8, 4) is 0 Å². The first-order valence-electron chi connectivity index (χ1n) is 8.73. The van der Waals surface area contributed by atoms with E-state index in [9.17, 15) is 4.79 Å². The van der Waals surface area contributed by atoms with Crippen molar-refractivity contribution in [3.63, 3.8) is 0 Å². The van der Waals surface area contributed by atoms with Crippen LogP contribution in [0.3, 0.4) is 0 Å². The lowest BCUT2D eigenvalue weighted by atomic mass is 9.91. The largest absolute Gasteiger partial charge is 0.357 e. The highest BCUT2D eigenvalue weighted by Crippen LogP contribution is 2.31. The molecule has 1 aliphatic rings. The van der Waals surface area contributed by atoms with E-state index in [1.165, 1.54) is 5.56 Å². The van der Waals surface area contributed by atoms with Crippen LogP contribution in [0.5, 0.6) is 0 Å². The van der Waals surface area contributed by atoms with Crippen LogP contribution in [0.4, 0.5) is 5.69 Å². The first-order valence-corrected chi connectivity index (χ1v) is 8.73. The topological polar surface area (TPSA) is 68.8 Å². The molecule has 0 aliphatic carbocycles. The van der Waals surface area contributed by atoms with Crippen LogP contribution >= 0.6 is 0 Å². The molecular formula is C18H29N5O. The minimum atomic E-state index is 0.0661. The van der Waals surface area contributed by atoms with Crippen molar-refractivity contribution in [2.75, 3.05) is 45.1 Å². The SMILES string of the molecule is CCNC(=NCC1CC(=O)Nc2ccccc21)NCCN(C)CC. The molecule has 0 radical (unpaired) electrons. The Balaban J connectivity index is 1.99. The number of nitrogens with zero attached hydrogens (tertiary/aromatic N) is 2. The molecule has 1 atom stereocenters. The lowest BCUT2D eigenvalue weighted by Gasteiger charge is -2.24. The molecule has 1 heterocycles. The zero-order valence-corrected chi connectivity index (χ0v) is 14.9. The van der Waals surface area contributed by atoms with Gasteiger partial charge in [-0.2, -0.15) is 0 Å².